The van der Waals surface area contributed by atoms with Crippen molar-refractivity contribution in [3.05, 3.63) is 130 Å². The smallest absolute Gasteiger partial charge is 0.355 e. The van der Waals surface area contributed by atoms with E-state index in [0.29, 0.717) is 78.9 Å². The summed E-state index contributed by atoms with van der Waals surface area (Å²) < 4.78 is 22.9. The summed E-state index contributed by atoms with van der Waals surface area (Å²) in [6, 6.07) is 24.3. The molecule has 5 amide bonds. The molecule has 0 spiro atoms. The Morgan fingerprint density at radius 3 is 2.32 bits per heavy atom. The minimum Gasteiger partial charge on any atom is -0.493 e. The molecule has 380 valence electrons. The molecule has 1 unspecified atom stereocenters. The normalized spacial score (nSPS) is 18.7. The standard InChI is InChI=1S/C56H55FN8O8S/c1-32-36(37-12-14-48(59-50(37)55(71)72)64-26-20-35-6-4-8-38(41(35)31-64)51(67)61-56-58-43-9-2-3-11-47(43)74-56)7-5-10-46(32)73-27-21-33-16-22-62(23-17-33)30-34-18-24-63(25-19-34)45-29-40-39(28-42(45)57)53(69)65(54(40)70)44-13-15-49(66)60-52(44)68/h2-12,14,28-29,33-34,44H,13,15-27,30-31H2,1H3,(H,71,72)(H,58,61,67)(H,60,66,68). The zero-order chi connectivity index (χ0) is 51.2. The number of aromatic nitrogens is 2. The number of para-hydroxylation sites is 1. The highest BCUT2D eigenvalue weighted by molar-refractivity contribution is 7.22. The number of carbonyl (C=O) groups excluding carboxylic acids is 5. The van der Waals surface area contributed by atoms with Crippen molar-refractivity contribution in [2.24, 2.45) is 11.8 Å². The number of halogens is 1. The number of pyridine rings is 1. The van der Waals surface area contributed by atoms with Crippen molar-refractivity contribution >= 4 is 73.7 Å². The third kappa shape index (κ3) is 9.59. The van der Waals surface area contributed by atoms with Gasteiger partial charge in [0.25, 0.3) is 17.7 Å². The summed E-state index contributed by atoms with van der Waals surface area (Å²) in [6.45, 7) is 7.60. The highest BCUT2D eigenvalue weighted by Gasteiger charge is 2.45. The van der Waals surface area contributed by atoms with Gasteiger partial charge in [-0.15, -0.1) is 0 Å². The summed E-state index contributed by atoms with van der Waals surface area (Å²) in [5.74, 6) is -2.34. The summed E-state index contributed by atoms with van der Waals surface area (Å²) >= 11 is 1.42. The van der Waals surface area contributed by atoms with Crippen LogP contribution in [0.25, 0.3) is 21.3 Å². The number of carboxylic acid groups (broad SMARTS) is 1. The second-order valence-electron chi connectivity index (χ2n) is 20.0. The molecule has 6 aromatic rings. The lowest BCUT2D eigenvalue weighted by Crippen LogP contribution is -2.54. The number of benzene rings is 4. The maximum absolute atomic E-state index is 15.6. The second kappa shape index (κ2) is 20.4. The number of nitrogens with zero attached hydrogens (tertiary/aromatic N) is 6. The number of likely N-dealkylation sites (tertiary alicyclic amines) is 1. The van der Waals surface area contributed by atoms with Crippen LogP contribution in [0.15, 0.2) is 84.9 Å². The van der Waals surface area contributed by atoms with Crippen molar-refractivity contribution in [1.82, 2.24) is 25.1 Å². The first-order valence-electron chi connectivity index (χ1n) is 25.4. The maximum atomic E-state index is 15.6. The lowest BCUT2D eigenvalue weighted by Gasteiger charge is -2.38. The number of hydrogen-bond donors (Lipinski definition) is 3. The molecule has 74 heavy (non-hydrogen) atoms. The molecule has 11 rings (SSSR count). The quantitative estimate of drug-likeness (QED) is 0.0940. The van der Waals surface area contributed by atoms with Crippen LogP contribution in [0.5, 0.6) is 5.75 Å². The molecule has 1 atom stereocenters. The van der Waals surface area contributed by atoms with Crippen molar-refractivity contribution in [1.29, 1.82) is 0 Å². The molecule has 5 aliphatic heterocycles. The van der Waals surface area contributed by atoms with Crippen LogP contribution in [0.3, 0.4) is 0 Å². The molecule has 0 saturated carbocycles. The predicted octanol–water partition coefficient (Wildman–Crippen LogP) is 8.12. The molecule has 0 radical (unpaired) electrons. The predicted molar refractivity (Wildman–Crippen MR) is 277 cm³/mol. The number of fused-ring (bicyclic) bond motifs is 3. The van der Waals surface area contributed by atoms with E-state index >= 15 is 4.39 Å². The third-order valence-electron chi connectivity index (χ3n) is 15.5. The van der Waals surface area contributed by atoms with Gasteiger partial charge in [0.15, 0.2) is 10.8 Å². The Labute approximate surface area is 430 Å². The molecular weight excluding hydrogens is 964 g/mol. The zero-order valence-corrected chi connectivity index (χ0v) is 41.7. The number of hydrogen-bond acceptors (Lipinski definition) is 13. The summed E-state index contributed by atoms with van der Waals surface area (Å²) in [7, 11) is 0. The topological polar surface area (TPSA) is 195 Å². The van der Waals surface area contributed by atoms with E-state index < -0.39 is 41.5 Å². The van der Waals surface area contributed by atoms with Gasteiger partial charge in [0, 0.05) is 50.3 Å². The van der Waals surface area contributed by atoms with Gasteiger partial charge < -0.3 is 24.5 Å². The Morgan fingerprint density at radius 1 is 0.797 bits per heavy atom. The van der Waals surface area contributed by atoms with Crippen LogP contribution < -0.4 is 25.2 Å². The van der Waals surface area contributed by atoms with E-state index in [9.17, 15) is 33.9 Å². The zero-order valence-electron chi connectivity index (χ0n) is 40.9. The molecule has 5 aliphatic rings. The fourth-order valence-corrected chi connectivity index (χ4v) is 12.2. The first kappa shape index (κ1) is 48.7. The first-order chi connectivity index (χ1) is 35.9. The number of amides is 5. The number of ether oxygens (including phenoxy) is 1. The van der Waals surface area contributed by atoms with Gasteiger partial charge >= 0.3 is 5.97 Å². The van der Waals surface area contributed by atoms with E-state index in [2.05, 4.69) is 20.5 Å². The highest BCUT2D eigenvalue weighted by atomic mass is 32.1. The summed E-state index contributed by atoms with van der Waals surface area (Å²) in [5.41, 5.74) is 5.61. The van der Waals surface area contributed by atoms with Crippen molar-refractivity contribution in [2.75, 3.05) is 61.0 Å². The van der Waals surface area contributed by atoms with E-state index in [4.69, 9.17) is 9.72 Å². The van der Waals surface area contributed by atoms with Crippen LogP contribution in [0.1, 0.15) is 103 Å². The Hall–Kier alpha value is -7.57. The van der Waals surface area contributed by atoms with E-state index in [1.165, 1.54) is 17.4 Å². The highest BCUT2D eigenvalue weighted by Crippen LogP contribution is 2.37. The molecular formula is C56H55FN8O8S. The fraction of sp³-hybridized carbons (Fsp3) is 0.357. The Morgan fingerprint density at radius 2 is 1.55 bits per heavy atom. The molecule has 3 N–H and O–H groups in total. The van der Waals surface area contributed by atoms with Gasteiger partial charge in [0.1, 0.15) is 23.4 Å². The Balaban J connectivity index is 0.661. The van der Waals surface area contributed by atoms with Crippen molar-refractivity contribution < 1.29 is 43.0 Å². The largest absolute Gasteiger partial charge is 0.493 e. The van der Waals surface area contributed by atoms with Gasteiger partial charge in [0.2, 0.25) is 11.8 Å². The molecule has 0 bridgehead atoms. The molecule has 7 heterocycles. The average Bonchev–Trinajstić information content (AvgIpc) is 3.92. The SMILES string of the molecule is Cc1c(OCCC2CCN(CC3CCN(c4cc5c(cc4F)C(=O)N(C4CCC(=O)NC4=O)C5=O)CC3)CC2)cccc1-c1ccc(N2CCc3cccc(C(=O)Nc4nc5ccccc5s4)c3C2)nc1C(=O)O. The lowest BCUT2D eigenvalue weighted by atomic mass is 9.91. The maximum Gasteiger partial charge on any atom is 0.355 e. The number of imide groups is 2. The monoisotopic (exact) mass is 1020 g/mol. The van der Waals surface area contributed by atoms with Crippen LogP contribution in [0.4, 0.5) is 21.0 Å². The summed E-state index contributed by atoms with van der Waals surface area (Å²) in [4.78, 5) is 93.9. The minimum absolute atomic E-state index is 0.0116. The van der Waals surface area contributed by atoms with Crippen LogP contribution in [0, 0.1) is 24.6 Å². The molecule has 0 aliphatic carbocycles. The van der Waals surface area contributed by atoms with Crippen LogP contribution in [-0.4, -0.2) is 112 Å². The molecule has 3 saturated heterocycles. The number of carboxylic acids is 1. The number of aromatic carboxylic acids is 1. The van der Waals surface area contributed by atoms with Gasteiger partial charge in [-0.05, 0) is 148 Å². The van der Waals surface area contributed by atoms with E-state index in [-0.39, 0.29) is 41.3 Å². The van der Waals surface area contributed by atoms with Gasteiger partial charge in [-0.2, -0.15) is 0 Å². The minimum atomic E-state index is -1.13. The van der Waals surface area contributed by atoms with Crippen molar-refractivity contribution in [2.45, 2.75) is 70.9 Å². The number of anilines is 3. The van der Waals surface area contributed by atoms with E-state index in [0.717, 1.165) is 95.2 Å². The number of nitrogens with one attached hydrogen (secondary N) is 2. The molecule has 4 aromatic carbocycles. The number of rotatable bonds is 13. The lowest BCUT2D eigenvalue weighted by molar-refractivity contribution is -0.136. The van der Waals surface area contributed by atoms with Gasteiger partial charge in [-0.25, -0.2) is 19.2 Å². The van der Waals surface area contributed by atoms with Gasteiger partial charge in [0.05, 0.1) is 33.6 Å². The van der Waals surface area contributed by atoms with Crippen LogP contribution in [-0.2, 0) is 22.6 Å². The second-order valence-corrected chi connectivity index (χ2v) is 21.0. The van der Waals surface area contributed by atoms with Gasteiger partial charge in [-0.1, -0.05) is 47.7 Å². The van der Waals surface area contributed by atoms with Crippen molar-refractivity contribution in [3.8, 4) is 16.9 Å². The molecule has 16 nitrogen and oxygen atoms in total. The van der Waals surface area contributed by atoms with Crippen molar-refractivity contribution in [3.63, 3.8) is 0 Å². The molecule has 2 aromatic heterocycles. The third-order valence-corrected chi connectivity index (χ3v) is 16.4. The first-order valence-corrected chi connectivity index (χ1v) is 26.2. The number of thiazole rings is 1. The summed E-state index contributed by atoms with van der Waals surface area (Å²) in [6.07, 6.45) is 5.41. The fourth-order valence-electron chi connectivity index (χ4n) is 11.4. The molecule has 18 heteroatoms. The van der Waals surface area contributed by atoms with Crippen LogP contribution in [0.2, 0.25) is 0 Å². The van der Waals surface area contributed by atoms with Crippen LogP contribution >= 0.6 is 11.3 Å². The number of piperidine rings is 3. The average molecular weight is 1020 g/mol. The number of carbonyl (C=O) groups is 6. The Kier molecular flexibility index (Phi) is 13.4. The van der Waals surface area contributed by atoms with Gasteiger partial charge in [-0.3, -0.25) is 39.5 Å². The molecule has 3 fully saturated rings. The van der Waals surface area contributed by atoms with E-state index in [1.807, 2.05) is 89.5 Å². The Bertz CT molecular complexity index is 3220. The summed E-state index contributed by atoms with van der Waals surface area (Å²) in [5, 5.41) is 16.2. The van der Waals surface area contributed by atoms with E-state index in [1.54, 1.807) is 0 Å².